The Labute approximate surface area is 129 Å². The van der Waals surface area contributed by atoms with E-state index in [1.807, 2.05) is 22.9 Å². The second-order valence-electron chi connectivity index (χ2n) is 5.34. The fourth-order valence-electron chi connectivity index (χ4n) is 2.41. The van der Waals surface area contributed by atoms with E-state index in [0.717, 1.165) is 25.2 Å². The van der Waals surface area contributed by atoms with Crippen molar-refractivity contribution in [3.63, 3.8) is 0 Å². The van der Waals surface area contributed by atoms with Crippen molar-refractivity contribution in [1.82, 2.24) is 31.0 Å². The molecule has 116 valence electrons. The van der Waals surface area contributed by atoms with E-state index in [1.54, 1.807) is 12.5 Å². The highest BCUT2D eigenvalue weighted by Crippen LogP contribution is 2.07. The molecule has 0 unspecified atom stereocenters. The molecule has 4 N–H and O–H groups in total. The first-order valence-corrected chi connectivity index (χ1v) is 7.33. The molecule has 1 aliphatic rings. The Balaban J connectivity index is 1.50. The number of amides is 2. The molecule has 1 aromatic heterocycles. The quantitative estimate of drug-likeness (QED) is 0.636. The predicted octanol–water partition coefficient (Wildman–Crippen LogP) is 0.207. The number of aromatic nitrogens is 2. The van der Waals surface area contributed by atoms with Gasteiger partial charge in [0.1, 0.15) is 0 Å². The molecular formula is C15H20N6O. The first-order chi connectivity index (χ1) is 10.8. The van der Waals surface area contributed by atoms with Gasteiger partial charge in [0.05, 0.1) is 12.4 Å². The van der Waals surface area contributed by atoms with Crippen LogP contribution in [0.5, 0.6) is 0 Å². The molecule has 0 saturated carbocycles. The van der Waals surface area contributed by atoms with Crippen LogP contribution in [0.15, 0.2) is 43.0 Å². The van der Waals surface area contributed by atoms with Gasteiger partial charge in [-0.15, -0.1) is 0 Å². The lowest BCUT2D eigenvalue weighted by molar-refractivity contribution is 0.238. The zero-order chi connectivity index (χ0) is 15.2. The Hall–Kier alpha value is -2.38. The van der Waals surface area contributed by atoms with Gasteiger partial charge in [0, 0.05) is 38.6 Å². The Morgan fingerprint density at radius 2 is 2.14 bits per heavy atom. The summed E-state index contributed by atoms with van der Waals surface area (Å²) in [5.74, 6) is 0. The molecule has 0 radical (unpaired) electrons. The van der Waals surface area contributed by atoms with Crippen LogP contribution in [-0.4, -0.2) is 34.7 Å². The second-order valence-corrected chi connectivity index (χ2v) is 5.34. The van der Waals surface area contributed by atoms with Gasteiger partial charge in [-0.25, -0.2) is 9.78 Å². The minimum atomic E-state index is -0.143. The number of hydrogen-bond donors (Lipinski definition) is 4. The third-order valence-electron chi connectivity index (χ3n) is 3.53. The third kappa shape index (κ3) is 4.06. The van der Waals surface area contributed by atoms with Crippen LogP contribution in [0.3, 0.4) is 0 Å². The molecule has 2 aromatic rings. The van der Waals surface area contributed by atoms with Crippen molar-refractivity contribution in [2.45, 2.75) is 19.1 Å². The van der Waals surface area contributed by atoms with Crippen molar-refractivity contribution < 1.29 is 4.79 Å². The molecule has 0 aliphatic carbocycles. The average Bonchev–Trinajstić information content (AvgIpc) is 3.19. The van der Waals surface area contributed by atoms with Gasteiger partial charge in [-0.1, -0.05) is 24.3 Å². The van der Waals surface area contributed by atoms with Crippen molar-refractivity contribution in [2.24, 2.45) is 0 Å². The Morgan fingerprint density at radius 1 is 1.32 bits per heavy atom. The summed E-state index contributed by atoms with van der Waals surface area (Å²) in [6.45, 7) is 2.78. The predicted molar refractivity (Wildman–Crippen MR) is 82.9 cm³/mol. The maximum atomic E-state index is 11.8. The van der Waals surface area contributed by atoms with E-state index in [-0.39, 0.29) is 12.1 Å². The number of nitrogens with zero attached hydrogens (tertiary/aromatic N) is 2. The van der Waals surface area contributed by atoms with E-state index in [0.29, 0.717) is 6.54 Å². The standard InChI is InChI=1S/C15H20N6O/c22-15(20-14-8-18-19-9-14)17-7-12-2-1-3-13(6-12)10-21-5-4-16-11-21/h1-6,11,14,18-19H,7-10H2,(H2,17,20,22). The van der Waals surface area contributed by atoms with Crippen LogP contribution in [0, 0.1) is 0 Å². The Bertz CT molecular complexity index is 606. The lowest BCUT2D eigenvalue weighted by Gasteiger charge is -2.12. The molecule has 7 heteroatoms. The average molecular weight is 300 g/mol. The number of benzene rings is 1. The highest BCUT2D eigenvalue weighted by molar-refractivity contribution is 5.74. The number of hydrazine groups is 1. The summed E-state index contributed by atoms with van der Waals surface area (Å²) in [5.41, 5.74) is 8.22. The van der Waals surface area contributed by atoms with Gasteiger partial charge in [-0.05, 0) is 11.1 Å². The first-order valence-electron chi connectivity index (χ1n) is 7.33. The summed E-state index contributed by atoms with van der Waals surface area (Å²) in [5, 5.41) is 5.80. The molecule has 1 fully saturated rings. The molecule has 1 aromatic carbocycles. The summed E-state index contributed by atoms with van der Waals surface area (Å²) in [7, 11) is 0. The normalized spacial score (nSPS) is 14.9. The topological polar surface area (TPSA) is 83.0 Å². The summed E-state index contributed by atoms with van der Waals surface area (Å²) in [4.78, 5) is 15.9. The number of nitrogens with one attached hydrogen (secondary N) is 4. The van der Waals surface area contributed by atoms with E-state index in [2.05, 4.69) is 38.6 Å². The molecular weight excluding hydrogens is 280 g/mol. The minimum absolute atomic E-state index is 0.132. The molecule has 1 saturated heterocycles. The molecule has 0 spiro atoms. The van der Waals surface area contributed by atoms with E-state index in [1.165, 1.54) is 5.56 Å². The lowest BCUT2D eigenvalue weighted by Crippen LogP contribution is -2.44. The van der Waals surface area contributed by atoms with Gasteiger partial charge in [0.15, 0.2) is 0 Å². The molecule has 22 heavy (non-hydrogen) atoms. The Kier molecular flexibility index (Phi) is 4.67. The number of rotatable bonds is 5. The molecule has 1 aliphatic heterocycles. The van der Waals surface area contributed by atoms with Crippen LogP contribution in [0.1, 0.15) is 11.1 Å². The maximum absolute atomic E-state index is 11.8. The second kappa shape index (κ2) is 7.06. The monoisotopic (exact) mass is 300 g/mol. The molecule has 7 nitrogen and oxygen atoms in total. The number of imidazole rings is 1. The maximum Gasteiger partial charge on any atom is 0.315 e. The van der Waals surface area contributed by atoms with Crippen LogP contribution in [0.25, 0.3) is 0 Å². The molecule has 2 heterocycles. The van der Waals surface area contributed by atoms with Crippen molar-refractivity contribution in [1.29, 1.82) is 0 Å². The van der Waals surface area contributed by atoms with E-state index < -0.39 is 0 Å². The fraction of sp³-hybridized carbons (Fsp3) is 0.333. The molecule has 0 atom stereocenters. The molecule has 3 rings (SSSR count). The summed E-state index contributed by atoms with van der Waals surface area (Å²) >= 11 is 0. The van der Waals surface area contributed by atoms with E-state index in [9.17, 15) is 4.79 Å². The Morgan fingerprint density at radius 3 is 2.91 bits per heavy atom. The van der Waals surface area contributed by atoms with Crippen molar-refractivity contribution >= 4 is 6.03 Å². The van der Waals surface area contributed by atoms with Gasteiger partial charge in [0.2, 0.25) is 0 Å². The number of urea groups is 1. The van der Waals surface area contributed by atoms with Crippen molar-refractivity contribution in [2.75, 3.05) is 13.1 Å². The van der Waals surface area contributed by atoms with Crippen LogP contribution in [-0.2, 0) is 13.1 Å². The van der Waals surface area contributed by atoms with Gasteiger partial charge >= 0.3 is 6.03 Å². The summed E-state index contributed by atoms with van der Waals surface area (Å²) < 4.78 is 2.01. The number of carbonyl (C=O) groups is 1. The highest BCUT2D eigenvalue weighted by atomic mass is 16.2. The van der Waals surface area contributed by atoms with Crippen LogP contribution >= 0.6 is 0 Å². The largest absolute Gasteiger partial charge is 0.334 e. The van der Waals surface area contributed by atoms with Crippen molar-refractivity contribution in [3.05, 3.63) is 54.1 Å². The van der Waals surface area contributed by atoms with E-state index >= 15 is 0 Å². The van der Waals surface area contributed by atoms with E-state index in [4.69, 9.17) is 0 Å². The van der Waals surface area contributed by atoms with Gasteiger partial charge < -0.3 is 15.2 Å². The smallest absolute Gasteiger partial charge is 0.315 e. The van der Waals surface area contributed by atoms with Gasteiger partial charge in [-0.3, -0.25) is 10.9 Å². The fourth-order valence-corrected chi connectivity index (χ4v) is 2.41. The van der Waals surface area contributed by atoms with Crippen LogP contribution in [0.2, 0.25) is 0 Å². The van der Waals surface area contributed by atoms with Gasteiger partial charge in [0.25, 0.3) is 0 Å². The molecule has 2 amide bonds. The lowest BCUT2D eigenvalue weighted by atomic mass is 10.1. The number of carbonyl (C=O) groups excluding carboxylic acids is 1. The zero-order valence-electron chi connectivity index (χ0n) is 12.2. The first kappa shape index (κ1) is 14.6. The van der Waals surface area contributed by atoms with Crippen molar-refractivity contribution in [3.8, 4) is 0 Å². The van der Waals surface area contributed by atoms with Crippen LogP contribution < -0.4 is 21.5 Å². The van der Waals surface area contributed by atoms with Crippen LogP contribution in [0.4, 0.5) is 4.79 Å². The third-order valence-corrected chi connectivity index (χ3v) is 3.53. The number of hydrogen-bond acceptors (Lipinski definition) is 4. The zero-order valence-corrected chi connectivity index (χ0v) is 12.2. The summed E-state index contributed by atoms with van der Waals surface area (Å²) in [6.07, 6.45) is 5.49. The minimum Gasteiger partial charge on any atom is -0.334 e. The summed E-state index contributed by atoms with van der Waals surface area (Å²) in [6, 6.07) is 8.17. The SMILES string of the molecule is O=C(NCc1cccc(Cn2ccnc2)c1)NC1CNNC1. The molecule has 0 bridgehead atoms. The highest BCUT2D eigenvalue weighted by Gasteiger charge is 2.15. The van der Waals surface area contributed by atoms with Gasteiger partial charge in [-0.2, -0.15) is 0 Å².